The van der Waals surface area contributed by atoms with Crippen molar-refractivity contribution in [3.8, 4) is 11.3 Å². The molecule has 142 valence electrons. The van der Waals surface area contributed by atoms with Gasteiger partial charge in [-0.25, -0.2) is 4.98 Å². The predicted octanol–water partition coefficient (Wildman–Crippen LogP) is 3.58. The number of nitrogens with one attached hydrogen (secondary N) is 1. The lowest BCUT2D eigenvalue weighted by Gasteiger charge is -2.18. The Bertz CT molecular complexity index is 925. The summed E-state index contributed by atoms with van der Waals surface area (Å²) < 4.78 is 5.28. The van der Waals surface area contributed by atoms with Crippen molar-refractivity contribution in [2.75, 3.05) is 26.2 Å². The summed E-state index contributed by atoms with van der Waals surface area (Å²) in [6, 6.07) is 9.53. The maximum atomic E-state index is 12.9. The molecule has 0 spiro atoms. The lowest BCUT2D eigenvalue weighted by atomic mass is 10.0. The van der Waals surface area contributed by atoms with Gasteiger partial charge in [-0.15, -0.1) is 0 Å². The van der Waals surface area contributed by atoms with Crippen LogP contribution in [0.4, 0.5) is 0 Å². The van der Waals surface area contributed by atoms with Crippen LogP contribution in [0.3, 0.4) is 0 Å². The lowest BCUT2D eigenvalue weighted by molar-refractivity contribution is 0.0950. The summed E-state index contributed by atoms with van der Waals surface area (Å²) in [5.74, 6) is 0.608. The Morgan fingerprint density at radius 2 is 1.93 bits per heavy atom. The van der Waals surface area contributed by atoms with E-state index in [0.717, 1.165) is 41.8 Å². The van der Waals surface area contributed by atoms with Gasteiger partial charge in [0.15, 0.2) is 0 Å². The Morgan fingerprint density at radius 3 is 2.59 bits per heavy atom. The van der Waals surface area contributed by atoms with Gasteiger partial charge in [0.25, 0.3) is 5.91 Å². The van der Waals surface area contributed by atoms with E-state index in [9.17, 15) is 4.79 Å². The van der Waals surface area contributed by atoms with Gasteiger partial charge in [-0.05, 0) is 39.1 Å². The third kappa shape index (κ3) is 4.01. The summed E-state index contributed by atoms with van der Waals surface area (Å²) in [6.45, 7) is 11.4. The second-order valence-electron chi connectivity index (χ2n) is 6.55. The third-order valence-electron chi connectivity index (χ3n) is 4.86. The van der Waals surface area contributed by atoms with E-state index in [1.807, 2.05) is 44.2 Å². The first kappa shape index (κ1) is 19.0. The Morgan fingerprint density at radius 1 is 1.19 bits per heavy atom. The van der Waals surface area contributed by atoms with Crippen LogP contribution in [-0.2, 0) is 0 Å². The molecule has 0 fully saturated rings. The summed E-state index contributed by atoms with van der Waals surface area (Å²) in [6.07, 6.45) is 0. The Hall–Kier alpha value is -2.73. The Labute approximate surface area is 159 Å². The molecule has 2 aromatic heterocycles. The quantitative estimate of drug-likeness (QED) is 0.692. The second kappa shape index (κ2) is 8.31. The minimum absolute atomic E-state index is 0.0891. The predicted molar refractivity (Wildman–Crippen MR) is 107 cm³/mol. The summed E-state index contributed by atoms with van der Waals surface area (Å²) in [5, 5.41) is 7.90. The molecule has 0 bridgehead atoms. The number of benzene rings is 1. The number of aromatic nitrogens is 2. The van der Waals surface area contributed by atoms with Crippen molar-refractivity contribution in [2.45, 2.75) is 27.7 Å². The first-order valence-electron chi connectivity index (χ1n) is 9.38. The molecule has 6 heteroatoms. The summed E-state index contributed by atoms with van der Waals surface area (Å²) >= 11 is 0. The molecule has 0 saturated heterocycles. The van der Waals surface area contributed by atoms with Gasteiger partial charge in [-0.1, -0.05) is 37.2 Å². The van der Waals surface area contributed by atoms with Crippen LogP contribution in [-0.4, -0.2) is 47.1 Å². The van der Waals surface area contributed by atoms with Crippen LogP contribution in [0.15, 0.2) is 34.9 Å². The standard InChI is InChI=1S/C21H26N4O2/c1-5-25(6-2)12-11-22-21(26)17-13-19(20-14(3)24-27-15(20)4)23-18-10-8-7-9-16(17)18/h7-10,13H,5-6,11-12H2,1-4H3,(H,22,26). The summed E-state index contributed by atoms with van der Waals surface area (Å²) in [4.78, 5) is 19.9. The van der Waals surface area contributed by atoms with Crippen LogP contribution in [0.2, 0.25) is 0 Å². The summed E-state index contributed by atoms with van der Waals surface area (Å²) in [7, 11) is 0. The van der Waals surface area contributed by atoms with Gasteiger partial charge >= 0.3 is 0 Å². The molecular formula is C21H26N4O2. The van der Waals surface area contributed by atoms with Crippen LogP contribution in [0.1, 0.15) is 35.7 Å². The van der Waals surface area contributed by atoms with Crippen LogP contribution >= 0.6 is 0 Å². The van der Waals surface area contributed by atoms with Gasteiger partial charge in [-0.3, -0.25) is 4.79 Å². The number of hydrogen-bond acceptors (Lipinski definition) is 5. The lowest BCUT2D eigenvalue weighted by Crippen LogP contribution is -2.34. The SMILES string of the molecule is CCN(CC)CCNC(=O)c1cc(-c2c(C)noc2C)nc2ccccc12. The summed E-state index contributed by atoms with van der Waals surface area (Å²) in [5.41, 5.74) is 3.72. The van der Waals surface area contributed by atoms with Crippen molar-refractivity contribution in [1.29, 1.82) is 0 Å². The van der Waals surface area contributed by atoms with Crippen LogP contribution < -0.4 is 5.32 Å². The second-order valence-corrected chi connectivity index (χ2v) is 6.55. The van der Waals surface area contributed by atoms with E-state index in [1.165, 1.54) is 0 Å². The minimum atomic E-state index is -0.0891. The van der Waals surface area contributed by atoms with Gasteiger partial charge in [0.1, 0.15) is 5.76 Å². The average Bonchev–Trinajstić information content (AvgIpc) is 3.02. The van der Waals surface area contributed by atoms with Gasteiger partial charge in [-0.2, -0.15) is 0 Å². The molecule has 0 aliphatic carbocycles. The fourth-order valence-corrected chi connectivity index (χ4v) is 3.30. The number of carbonyl (C=O) groups excluding carboxylic acids is 1. The number of hydrogen-bond donors (Lipinski definition) is 1. The molecule has 3 rings (SSSR count). The number of aryl methyl sites for hydroxylation is 2. The number of likely N-dealkylation sites (N-methyl/N-ethyl adjacent to an activating group) is 1. The van der Waals surface area contributed by atoms with E-state index in [2.05, 4.69) is 29.2 Å². The highest BCUT2D eigenvalue weighted by Crippen LogP contribution is 2.29. The fourth-order valence-electron chi connectivity index (χ4n) is 3.30. The molecule has 0 saturated carbocycles. The van der Waals surface area contributed by atoms with E-state index < -0.39 is 0 Å². The van der Waals surface area contributed by atoms with Gasteiger partial charge in [0.05, 0.1) is 28.0 Å². The average molecular weight is 366 g/mol. The number of amides is 1. The van der Waals surface area contributed by atoms with Crippen molar-refractivity contribution < 1.29 is 9.32 Å². The molecule has 6 nitrogen and oxygen atoms in total. The van der Waals surface area contributed by atoms with E-state index in [-0.39, 0.29) is 5.91 Å². The van der Waals surface area contributed by atoms with E-state index in [0.29, 0.717) is 23.6 Å². The van der Waals surface area contributed by atoms with E-state index in [4.69, 9.17) is 9.51 Å². The van der Waals surface area contributed by atoms with Gasteiger partial charge in [0, 0.05) is 18.5 Å². The molecule has 0 aliphatic rings. The minimum Gasteiger partial charge on any atom is -0.361 e. The van der Waals surface area contributed by atoms with Crippen LogP contribution in [0.25, 0.3) is 22.2 Å². The molecular weight excluding hydrogens is 340 g/mol. The third-order valence-corrected chi connectivity index (χ3v) is 4.86. The highest BCUT2D eigenvalue weighted by molar-refractivity contribution is 6.07. The molecule has 0 aliphatic heterocycles. The van der Waals surface area contributed by atoms with E-state index in [1.54, 1.807) is 0 Å². The molecule has 0 unspecified atom stereocenters. The molecule has 27 heavy (non-hydrogen) atoms. The first-order chi connectivity index (χ1) is 13.0. The first-order valence-corrected chi connectivity index (χ1v) is 9.38. The number of para-hydroxylation sites is 1. The normalized spacial score (nSPS) is 11.3. The number of rotatable bonds is 7. The maximum absolute atomic E-state index is 12.9. The topological polar surface area (TPSA) is 71.3 Å². The van der Waals surface area contributed by atoms with Gasteiger partial charge in [0.2, 0.25) is 0 Å². The molecule has 0 radical (unpaired) electrons. The zero-order chi connectivity index (χ0) is 19.4. The highest BCUT2D eigenvalue weighted by atomic mass is 16.5. The molecule has 1 amide bonds. The van der Waals surface area contributed by atoms with Crippen molar-refractivity contribution in [1.82, 2.24) is 20.4 Å². The number of pyridine rings is 1. The molecule has 3 aromatic rings. The van der Waals surface area contributed by atoms with Crippen LogP contribution in [0, 0.1) is 13.8 Å². The zero-order valence-electron chi connectivity index (χ0n) is 16.4. The molecule has 0 atom stereocenters. The van der Waals surface area contributed by atoms with E-state index >= 15 is 0 Å². The zero-order valence-corrected chi connectivity index (χ0v) is 16.4. The molecule has 1 N–H and O–H groups in total. The highest BCUT2D eigenvalue weighted by Gasteiger charge is 2.18. The molecule has 2 heterocycles. The number of carbonyl (C=O) groups is 1. The Kier molecular flexibility index (Phi) is 5.86. The van der Waals surface area contributed by atoms with Crippen molar-refractivity contribution in [2.24, 2.45) is 0 Å². The maximum Gasteiger partial charge on any atom is 0.252 e. The van der Waals surface area contributed by atoms with Gasteiger partial charge < -0.3 is 14.7 Å². The number of nitrogens with zero attached hydrogens (tertiary/aromatic N) is 3. The van der Waals surface area contributed by atoms with Crippen molar-refractivity contribution >= 4 is 16.8 Å². The smallest absolute Gasteiger partial charge is 0.252 e. The molecule has 1 aromatic carbocycles. The largest absolute Gasteiger partial charge is 0.361 e. The van der Waals surface area contributed by atoms with Crippen molar-refractivity contribution in [3.05, 3.63) is 47.3 Å². The van der Waals surface area contributed by atoms with Crippen molar-refractivity contribution in [3.63, 3.8) is 0 Å². The fraction of sp³-hybridized carbons (Fsp3) is 0.381. The monoisotopic (exact) mass is 366 g/mol. The Balaban J connectivity index is 1.95. The number of fused-ring (bicyclic) bond motifs is 1. The van der Waals surface area contributed by atoms with Crippen LogP contribution in [0.5, 0.6) is 0 Å².